The lowest BCUT2D eigenvalue weighted by atomic mass is 9.89. The maximum absolute atomic E-state index is 12.2. The molecule has 22 heavy (non-hydrogen) atoms. The second-order valence-electron chi connectivity index (χ2n) is 6.32. The summed E-state index contributed by atoms with van der Waals surface area (Å²) in [7, 11) is 1.41. The van der Waals surface area contributed by atoms with Gasteiger partial charge in [-0.15, -0.1) is 11.3 Å². The maximum atomic E-state index is 12.2. The molecule has 122 valence electrons. The Kier molecular flexibility index (Phi) is 4.80. The number of fused-ring (bicyclic) bond motifs is 1. The number of nitrogens with zero attached hydrogens (tertiary/aromatic N) is 1. The van der Waals surface area contributed by atoms with E-state index in [1.165, 1.54) is 7.11 Å². The van der Waals surface area contributed by atoms with Crippen LogP contribution >= 0.6 is 11.3 Å². The number of carbonyl (C=O) groups excluding carboxylic acids is 2. The average Bonchev–Trinajstić information content (AvgIpc) is 2.85. The van der Waals surface area contributed by atoms with Crippen molar-refractivity contribution in [3.05, 3.63) is 20.9 Å². The Bertz CT molecular complexity index is 586. The Labute approximate surface area is 135 Å². The summed E-state index contributed by atoms with van der Waals surface area (Å²) in [6.07, 6.45) is 0.365. The third-order valence-corrected chi connectivity index (χ3v) is 5.30. The van der Waals surface area contributed by atoms with Crippen molar-refractivity contribution >= 4 is 23.4 Å². The highest BCUT2D eigenvalue weighted by Gasteiger charge is 2.34. The average molecular weight is 325 g/mol. The van der Waals surface area contributed by atoms with Crippen LogP contribution in [0.25, 0.3) is 0 Å². The van der Waals surface area contributed by atoms with Gasteiger partial charge in [-0.05, 0) is 24.3 Å². The van der Waals surface area contributed by atoms with Crippen molar-refractivity contribution in [3.8, 4) is 0 Å². The fourth-order valence-corrected chi connectivity index (χ4v) is 4.03. The number of hydrogen-bond donors (Lipinski definition) is 0. The van der Waals surface area contributed by atoms with Crippen LogP contribution in [0.3, 0.4) is 0 Å². The molecule has 1 aromatic rings. The Hall–Kier alpha value is -1.56. The highest BCUT2D eigenvalue weighted by atomic mass is 32.1. The topological polar surface area (TPSA) is 55.8 Å². The van der Waals surface area contributed by atoms with Gasteiger partial charge >= 0.3 is 12.1 Å². The molecule has 1 aromatic heterocycles. The van der Waals surface area contributed by atoms with Crippen molar-refractivity contribution in [1.82, 2.24) is 4.90 Å². The van der Waals surface area contributed by atoms with E-state index in [2.05, 4.69) is 20.8 Å². The second kappa shape index (κ2) is 6.28. The molecule has 0 unspecified atom stereocenters. The number of methoxy groups -OCH3 is 1. The maximum Gasteiger partial charge on any atom is 0.410 e. The Balaban J connectivity index is 2.40. The van der Waals surface area contributed by atoms with Gasteiger partial charge in [0.15, 0.2) is 0 Å². The van der Waals surface area contributed by atoms with Crippen LogP contribution in [0.5, 0.6) is 0 Å². The van der Waals surface area contributed by atoms with Gasteiger partial charge in [0.05, 0.1) is 25.8 Å². The highest BCUT2D eigenvalue weighted by molar-refractivity contribution is 7.12. The molecule has 0 bridgehead atoms. The van der Waals surface area contributed by atoms with Gasteiger partial charge in [0, 0.05) is 16.3 Å². The molecular weight excluding hydrogens is 302 g/mol. The fourth-order valence-electron chi connectivity index (χ4n) is 2.62. The third-order valence-electron chi connectivity index (χ3n) is 3.65. The van der Waals surface area contributed by atoms with E-state index < -0.39 is 0 Å². The molecule has 0 saturated heterocycles. The van der Waals surface area contributed by atoms with E-state index in [9.17, 15) is 9.59 Å². The molecule has 0 saturated carbocycles. The quantitative estimate of drug-likeness (QED) is 0.783. The van der Waals surface area contributed by atoms with Crippen molar-refractivity contribution < 1.29 is 19.1 Å². The first-order valence-electron chi connectivity index (χ1n) is 7.44. The van der Waals surface area contributed by atoms with Crippen molar-refractivity contribution in [2.45, 2.75) is 46.1 Å². The van der Waals surface area contributed by atoms with Crippen LogP contribution in [0.2, 0.25) is 0 Å². The number of thiophene rings is 1. The second-order valence-corrected chi connectivity index (χ2v) is 7.43. The van der Waals surface area contributed by atoms with Gasteiger partial charge in [-0.2, -0.15) is 0 Å². The van der Waals surface area contributed by atoms with Gasteiger partial charge in [0.1, 0.15) is 0 Å². The smallest absolute Gasteiger partial charge is 0.410 e. The van der Waals surface area contributed by atoms with Crippen molar-refractivity contribution in [1.29, 1.82) is 0 Å². The summed E-state index contributed by atoms with van der Waals surface area (Å²) in [4.78, 5) is 27.9. The first-order chi connectivity index (χ1) is 10.3. The predicted molar refractivity (Wildman–Crippen MR) is 85.5 cm³/mol. The van der Waals surface area contributed by atoms with Crippen LogP contribution in [0.1, 0.15) is 53.4 Å². The molecule has 5 nitrogen and oxygen atoms in total. The molecule has 0 fully saturated rings. The van der Waals surface area contributed by atoms with E-state index >= 15 is 0 Å². The molecule has 2 heterocycles. The van der Waals surface area contributed by atoms with Gasteiger partial charge in [-0.3, -0.25) is 0 Å². The number of amides is 1. The molecule has 0 spiro atoms. The Morgan fingerprint density at radius 3 is 2.55 bits per heavy atom. The lowest BCUT2D eigenvalue weighted by Crippen LogP contribution is -2.36. The minimum atomic E-state index is -0.293. The normalized spacial score (nSPS) is 14.5. The predicted octanol–water partition coefficient (Wildman–Crippen LogP) is 3.35. The summed E-state index contributed by atoms with van der Waals surface area (Å²) >= 11 is 1.60. The van der Waals surface area contributed by atoms with Crippen molar-refractivity contribution in [3.63, 3.8) is 0 Å². The summed E-state index contributed by atoms with van der Waals surface area (Å²) < 4.78 is 10.0. The summed E-state index contributed by atoms with van der Waals surface area (Å²) in [5.74, 6) is -0.285. The van der Waals surface area contributed by atoms with Gasteiger partial charge < -0.3 is 14.4 Å². The number of hydrogen-bond acceptors (Lipinski definition) is 5. The van der Waals surface area contributed by atoms with E-state index in [1.807, 2.05) is 0 Å². The van der Waals surface area contributed by atoms with Crippen LogP contribution in [0.15, 0.2) is 0 Å². The number of rotatable bonds is 2. The summed E-state index contributed by atoms with van der Waals surface area (Å²) in [6.45, 7) is 9.48. The molecule has 0 aromatic carbocycles. The largest absolute Gasteiger partial charge is 0.465 e. The summed E-state index contributed by atoms with van der Waals surface area (Å²) in [5, 5.41) is 0. The first kappa shape index (κ1) is 16.8. The van der Waals surface area contributed by atoms with Gasteiger partial charge in [-0.1, -0.05) is 20.8 Å². The number of carbonyl (C=O) groups is 2. The molecule has 6 heteroatoms. The van der Waals surface area contributed by atoms with E-state index in [0.29, 0.717) is 31.7 Å². The van der Waals surface area contributed by atoms with Gasteiger partial charge in [-0.25, -0.2) is 9.59 Å². The minimum Gasteiger partial charge on any atom is -0.465 e. The van der Waals surface area contributed by atoms with Crippen molar-refractivity contribution in [2.24, 2.45) is 0 Å². The van der Waals surface area contributed by atoms with E-state index in [-0.39, 0.29) is 17.5 Å². The monoisotopic (exact) mass is 325 g/mol. The first-order valence-corrected chi connectivity index (χ1v) is 8.26. The zero-order valence-corrected chi connectivity index (χ0v) is 14.6. The Morgan fingerprint density at radius 2 is 2.00 bits per heavy atom. The van der Waals surface area contributed by atoms with Crippen LogP contribution in [0.4, 0.5) is 4.79 Å². The molecule has 1 aliphatic rings. The Morgan fingerprint density at radius 1 is 1.32 bits per heavy atom. The van der Waals surface area contributed by atoms with E-state index in [0.717, 1.165) is 15.3 Å². The number of ether oxygens (including phenoxy) is 2. The molecule has 2 rings (SSSR count). The standard InChI is InChI=1S/C16H23NO4S/c1-6-21-15(19)17-8-7-10-11(9-17)22-13(16(2,3)4)12(10)14(18)20-5/h6-9H2,1-5H3. The fraction of sp³-hybridized carbons (Fsp3) is 0.625. The summed E-state index contributed by atoms with van der Waals surface area (Å²) in [6, 6.07) is 0. The van der Waals surface area contributed by atoms with Gasteiger partial charge in [0.2, 0.25) is 0 Å². The molecule has 1 amide bonds. The lowest BCUT2D eigenvalue weighted by Gasteiger charge is -2.26. The van der Waals surface area contributed by atoms with Crippen LogP contribution in [0, 0.1) is 0 Å². The number of esters is 1. The molecule has 0 radical (unpaired) electrons. The van der Waals surface area contributed by atoms with E-state index in [4.69, 9.17) is 9.47 Å². The zero-order chi connectivity index (χ0) is 16.5. The molecule has 1 aliphatic heterocycles. The van der Waals surface area contributed by atoms with Crippen LogP contribution < -0.4 is 0 Å². The highest BCUT2D eigenvalue weighted by Crippen LogP contribution is 2.40. The molecule has 0 aliphatic carbocycles. The van der Waals surface area contributed by atoms with Crippen LogP contribution in [-0.2, 0) is 27.9 Å². The third kappa shape index (κ3) is 3.11. The SMILES string of the molecule is CCOC(=O)N1CCc2c(sc(C(C)(C)C)c2C(=O)OC)C1. The molecule has 0 N–H and O–H groups in total. The van der Waals surface area contributed by atoms with E-state index in [1.54, 1.807) is 23.2 Å². The zero-order valence-electron chi connectivity index (χ0n) is 13.8. The summed E-state index contributed by atoms with van der Waals surface area (Å²) in [5.41, 5.74) is 1.58. The molecular formula is C16H23NO4S. The van der Waals surface area contributed by atoms with Crippen molar-refractivity contribution in [2.75, 3.05) is 20.3 Å². The van der Waals surface area contributed by atoms with Crippen LogP contribution in [-0.4, -0.2) is 37.2 Å². The molecule has 0 atom stereocenters. The minimum absolute atomic E-state index is 0.139. The lowest BCUT2D eigenvalue weighted by molar-refractivity contribution is 0.0597. The van der Waals surface area contributed by atoms with Gasteiger partial charge in [0.25, 0.3) is 0 Å².